The number of piperidine rings is 1. The lowest BCUT2D eigenvalue weighted by atomic mass is 10.2. The van der Waals surface area contributed by atoms with Crippen LogP contribution in [-0.4, -0.2) is 16.3 Å². The first-order valence-electron chi connectivity index (χ1n) is 3.31. The van der Waals surface area contributed by atoms with E-state index in [0.717, 1.165) is 11.8 Å². The molecular weight excluding hydrogens is 246 g/mol. The summed E-state index contributed by atoms with van der Waals surface area (Å²) in [5, 5.41) is 3.37. The number of hydrogen-bond donors (Lipinski definition) is 1. The first-order chi connectivity index (χ1) is 4.23. The highest BCUT2D eigenvalue weighted by molar-refractivity contribution is 9.25. The van der Waals surface area contributed by atoms with Crippen LogP contribution in [0.4, 0.5) is 0 Å². The third-order valence-corrected chi connectivity index (χ3v) is 4.71. The number of nitrogens with one attached hydrogen (secondary N) is 1. The summed E-state index contributed by atoms with van der Waals surface area (Å²) in [6, 6.07) is 0. The van der Waals surface area contributed by atoms with Crippen molar-refractivity contribution in [2.24, 2.45) is 11.8 Å². The van der Waals surface area contributed by atoms with Crippen LogP contribution in [0.2, 0.25) is 0 Å². The average Bonchev–Trinajstić information content (AvgIpc) is 2.39. The van der Waals surface area contributed by atoms with E-state index >= 15 is 0 Å². The largest absolute Gasteiger partial charge is 0.316 e. The number of alkyl halides is 2. The standard InChI is InChI=1S/C6H9Br2N/c7-6(8)4-1-2-9-3-5(4)6/h4-5,9H,1-3H2/t4-,5-/m0/s1. The number of rotatable bonds is 0. The molecule has 0 radical (unpaired) electrons. The topological polar surface area (TPSA) is 12.0 Å². The summed E-state index contributed by atoms with van der Waals surface area (Å²) in [5.74, 6) is 1.73. The maximum absolute atomic E-state index is 3.66. The van der Waals surface area contributed by atoms with Gasteiger partial charge in [0.05, 0.1) is 3.23 Å². The van der Waals surface area contributed by atoms with Crippen molar-refractivity contribution >= 4 is 31.9 Å². The molecule has 1 saturated carbocycles. The molecule has 2 rings (SSSR count). The Morgan fingerprint density at radius 2 is 2.11 bits per heavy atom. The first kappa shape index (κ1) is 6.62. The Labute approximate surface area is 71.8 Å². The molecule has 3 heteroatoms. The highest BCUT2D eigenvalue weighted by atomic mass is 79.9. The SMILES string of the molecule is BrC1(Br)[C@H]2CCNC[C@@H]21. The molecule has 1 aliphatic heterocycles. The minimum atomic E-state index is 0.309. The zero-order chi connectivity index (χ0) is 6.48. The van der Waals surface area contributed by atoms with Crippen molar-refractivity contribution in [3.63, 3.8) is 0 Å². The van der Waals surface area contributed by atoms with Gasteiger partial charge in [-0.2, -0.15) is 0 Å². The van der Waals surface area contributed by atoms with E-state index in [1.54, 1.807) is 0 Å². The molecular formula is C6H9Br2N. The third-order valence-electron chi connectivity index (χ3n) is 2.36. The Morgan fingerprint density at radius 1 is 1.33 bits per heavy atom. The van der Waals surface area contributed by atoms with Gasteiger partial charge >= 0.3 is 0 Å². The molecule has 2 atom stereocenters. The Morgan fingerprint density at radius 3 is 2.56 bits per heavy atom. The molecule has 1 N–H and O–H groups in total. The van der Waals surface area contributed by atoms with Crippen LogP contribution in [0.25, 0.3) is 0 Å². The normalized spacial score (nSPS) is 46.0. The van der Waals surface area contributed by atoms with Crippen LogP contribution in [0.1, 0.15) is 6.42 Å². The Balaban J connectivity index is 2.06. The van der Waals surface area contributed by atoms with E-state index in [1.807, 2.05) is 0 Å². The molecule has 1 saturated heterocycles. The smallest absolute Gasteiger partial charge is 0.0881 e. The molecule has 2 aliphatic rings. The maximum Gasteiger partial charge on any atom is 0.0881 e. The molecule has 0 unspecified atom stereocenters. The highest BCUT2D eigenvalue weighted by Crippen LogP contribution is 2.63. The lowest BCUT2D eigenvalue weighted by Crippen LogP contribution is -2.23. The van der Waals surface area contributed by atoms with E-state index in [2.05, 4.69) is 37.2 Å². The summed E-state index contributed by atoms with van der Waals surface area (Å²) in [5.41, 5.74) is 0. The quantitative estimate of drug-likeness (QED) is 0.650. The summed E-state index contributed by atoms with van der Waals surface area (Å²) >= 11 is 7.31. The lowest BCUT2D eigenvalue weighted by Gasteiger charge is -2.07. The Hall–Kier alpha value is 0.920. The van der Waals surface area contributed by atoms with Gasteiger partial charge in [0.2, 0.25) is 0 Å². The highest BCUT2D eigenvalue weighted by Gasteiger charge is 2.61. The van der Waals surface area contributed by atoms with Crippen molar-refractivity contribution in [1.29, 1.82) is 0 Å². The van der Waals surface area contributed by atoms with Gasteiger partial charge < -0.3 is 5.32 Å². The fourth-order valence-corrected chi connectivity index (χ4v) is 3.44. The van der Waals surface area contributed by atoms with Gasteiger partial charge in [-0.15, -0.1) is 0 Å². The van der Waals surface area contributed by atoms with E-state index < -0.39 is 0 Å². The van der Waals surface area contributed by atoms with E-state index in [-0.39, 0.29) is 0 Å². The molecule has 52 valence electrons. The Kier molecular flexibility index (Phi) is 1.44. The van der Waals surface area contributed by atoms with E-state index in [1.165, 1.54) is 19.5 Å². The van der Waals surface area contributed by atoms with Crippen molar-refractivity contribution in [1.82, 2.24) is 5.32 Å². The Bertz CT molecular complexity index is 121. The molecule has 1 heterocycles. The van der Waals surface area contributed by atoms with Gasteiger partial charge in [0, 0.05) is 12.5 Å². The summed E-state index contributed by atoms with van der Waals surface area (Å²) in [7, 11) is 0. The fraction of sp³-hybridized carbons (Fsp3) is 1.00. The number of halogens is 2. The molecule has 0 aromatic carbocycles. The van der Waals surface area contributed by atoms with Crippen LogP contribution in [0.5, 0.6) is 0 Å². The van der Waals surface area contributed by atoms with Crippen LogP contribution in [0, 0.1) is 11.8 Å². The van der Waals surface area contributed by atoms with Crippen molar-refractivity contribution < 1.29 is 0 Å². The van der Waals surface area contributed by atoms with E-state index in [9.17, 15) is 0 Å². The zero-order valence-electron chi connectivity index (χ0n) is 5.03. The van der Waals surface area contributed by atoms with Gasteiger partial charge in [-0.05, 0) is 18.9 Å². The van der Waals surface area contributed by atoms with Crippen molar-refractivity contribution in [3.8, 4) is 0 Å². The van der Waals surface area contributed by atoms with Gasteiger partial charge in [-0.3, -0.25) is 0 Å². The molecule has 0 aromatic heterocycles. The van der Waals surface area contributed by atoms with Gasteiger partial charge in [-0.1, -0.05) is 31.9 Å². The summed E-state index contributed by atoms with van der Waals surface area (Å²) in [4.78, 5) is 0. The van der Waals surface area contributed by atoms with E-state index in [0.29, 0.717) is 3.23 Å². The predicted octanol–water partition coefficient (Wildman–Crippen LogP) is 1.71. The molecule has 0 amide bonds. The summed E-state index contributed by atoms with van der Waals surface area (Å²) < 4.78 is 0.309. The van der Waals surface area contributed by atoms with Crippen LogP contribution in [-0.2, 0) is 0 Å². The molecule has 9 heavy (non-hydrogen) atoms. The van der Waals surface area contributed by atoms with Crippen LogP contribution >= 0.6 is 31.9 Å². The molecule has 1 nitrogen and oxygen atoms in total. The van der Waals surface area contributed by atoms with Crippen LogP contribution in [0.15, 0.2) is 0 Å². The van der Waals surface area contributed by atoms with Crippen molar-refractivity contribution in [2.45, 2.75) is 9.65 Å². The molecule has 0 spiro atoms. The molecule has 2 fully saturated rings. The summed E-state index contributed by atoms with van der Waals surface area (Å²) in [6.45, 7) is 2.38. The van der Waals surface area contributed by atoms with Crippen LogP contribution < -0.4 is 5.32 Å². The zero-order valence-corrected chi connectivity index (χ0v) is 8.20. The number of hydrogen-bond acceptors (Lipinski definition) is 1. The van der Waals surface area contributed by atoms with Gasteiger partial charge in [0.1, 0.15) is 0 Å². The fourth-order valence-electron chi connectivity index (χ4n) is 1.65. The first-order valence-corrected chi connectivity index (χ1v) is 4.90. The third kappa shape index (κ3) is 0.889. The number of fused-ring (bicyclic) bond motifs is 1. The molecule has 0 bridgehead atoms. The minimum absolute atomic E-state index is 0.309. The molecule has 1 aliphatic carbocycles. The second-order valence-electron chi connectivity index (χ2n) is 2.88. The van der Waals surface area contributed by atoms with Crippen molar-refractivity contribution in [3.05, 3.63) is 0 Å². The lowest BCUT2D eigenvalue weighted by molar-refractivity contribution is 0.497. The summed E-state index contributed by atoms with van der Waals surface area (Å²) in [6.07, 6.45) is 1.32. The second-order valence-corrected chi connectivity index (χ2v) is 6.57. The monoisotopic (exact) mass is 253 g/mol. The second kappa shape index (κ2) is 1.95. The molecule has 0 aromatic rings. The average molecular weight is 255 g/mol. The van der Waals surface area contributed by atoms with E-state index in [4.69, 9.17) is 0 Å². The minimum Gasteiger partial charge on any atom is -0.316 e. The van der Waals surface area contributed by atoms with Crippen LogP contribution in [0.3, 0.4) is 0 Å². The van der Waals surface area contributed by atoms with Crippen molar-refractivity contribution in [2.75, 3.05) is 13.1 Å². The van der Waals surface area contributed by atoms with Gasteiger partial charge in [0.25, 0.3) is 0 Å². The van der Waals surface area contributed by atoms with Gasteiger partial charge in [0.15, 0.2) is 0 Å². The van der Waals surface area contributed by atoms with Gasteiger partial charge in [-0.25, -0.2) is 0 Å². The predicted molar refractivity (Wildman–Crippen MR) is 45.1 cm³/mol. The maximum atomic E-state index is 3.66.